The number of piperidine rings is 1. The van der Waals surface area contributed by atoms with Gasteiger partial charge in [0.15, 0.2) is 0 Å². The first kappa shape index (κ1) is 12.4. The molecular formula is C14H21NO2. The fourth-order valence-electron chi connectivity index (χ4n) is 2.50. The van der Waals surface area contributed by atoms with E-state index in [1.54, 1.807) is 4.90 Å². The quantitative estimate of drug-likeness (QED) is 0.795. The molecule has 0 spiro atoms. The fourth-order valence-corrected chi connectivity index (χ4v) is 2.50. The number of carbonyl (C=O) groups excluding carboxylic acids is 1. The zero-order chi connectivity index (χ0) is 12.3. The van der Waals surface area contributed by atoms with Gasteiger partial charge in [0.05, 0.1) is 6.10 Å². The van der Waals surface area contributed by atoms with Gasteiger partial charge in [-0.3, -0.25) is 4.79 Å². The molecule has 0 aromatic heterocycles. The lowest BCUT2D eigenvalue weighted by Crippen LogP contribution is -2.42. The van der Waals surface area contributed by atoms with Gasteiger partial charge in [0.25, 0.3) is 0 Å². The maximum Gasteiger partial charge on any atom is 0.249 e. The Labute approximate surface area is 103 Å². The molecule has 1 N–H and O–H groups in total. The highest BCUT2D eigenvalue weighted by molar-refractivity contribution is 5.94. The molecule has 2 rings (SSSR count). The van der Waals surface area contributed by atoms with E-state index in [0.717, 1.165) is 44.2 Å². The Hall–Kier alpha value is -1.09. The minimum atomic E-state index is -0.335. The largest absolute Gasteiger partial charge is 0.391 e. The zero-order valence-corrected chi connectivity index (χ0v) is 10.5. The standard InChI is InChI=1S/C14H21NO2/c1-2-11-5-7-12(8-6-11)14(17)15-9-3-4-13(16)10-15/h5,7,13,16H,2-4,6,8-10H2,1H3/t13-/m1/s1. The van der Waals surface area contributed by atoms with E-state index >= 15 is 0 Å². The summed E-state index contributed by atoms with van der Waals surface area (Å²) in [7, 11) is 0. The predicted molar refractivity (Wildman–Crippen MR) is 67.5 cm³/mol. The van der Waals surface area contributed by atoms with Gasteiger partial charge in [-0.15, -0.1) is 0 Å². The van der Waals surface area contributed by atoms with Crippen LogP contribution in [0.15, 0.2) is 23.3 Å². The second-order valence-electron chi connectivity index (χ2n) is 4.92. The van der Waals surface area contributed by atoms with E-state index in [9.17, 15) is 9.90 Å². The monoisotopic (exact) mass is 235 g/mol. The average molecular weight is 235 g/mol. The molecule has 0 bridgehead atoms. The summed E-state index contributed by atoms with van der Waals surface area (Å²) in [4.78, 5) is 14.0. The molecule has 2 aliphatic rings. The van der Waals surface area contributed by atoms with E-state index in [2.05, 4.69) is 13.0 Å². The van der Waals surface area contributed by atoms with Crippen LogP contribution in [0.5, 0.6) is 0 Å². The van der Waals surface area contributed by atoms with Gasteiger partial charge in [-0.05, 0) is 32.1 Å². The average Bonchev–Trinajstić information content (AvgIpc) is 2.38. The molecule has 1 atom stereocenters. The molecular weight excluding hydrogens is 214 g/mol. The number of amides is 1. The Morgan fingerprint density at radius 1 is 1.47 bits per heavy atom. The molecule has 1 fully saturated rings. The van der Waals surface area contributed by atoms with Gasteiger partial charge in [-0.25, -0.2) is 0 Å². The lowest BCUT2D eigenvalue weighted by molar-refractivity contribution is -0.130. The van der Waals surface area contributed by atoms with Crippen molar-refractivity contribution in [1.82, 2.24) is 4.90 Å². The number of nitrogens with zero attached hydrogens (tertiary/aromatic N) is 1. The van der Waals surface area contributed by atoms with Crippen LogP contribution in [-0.4, -0.2) is 35.1 Å². The minimum Gasteiger partial charge on any atom is -0.391 e. The van der Waals surface area contributed by atoms with Crippen LogP contribution in [0, 0.1) is 0 Å². The Morgan fingerprint density at radius 2 is 2.29 bits per heavy atom. The van der Waals surface area contributed by atoms with Crippen LogP contribution in [0.3, 0.4) is 0 Å². The predicted octanol–water partition coefficient (Wildman–Crippen LogP) is 2.03. The van der Waals surface area contributed by atoms with Gasteiger partial charge < -0.3 is 10.0 Å². The third-order valence-corrected chi connectivity index (χ3v) is 3.65. The van der Waals surface area contributed by atoms with Gasteiger partial charge in [0, 0.05) is 18.7 Å². The summed E-state index contributed by atoms with van der Waals surface area (Å²) in [5, 5.41) is 9.58. The van der Waals surface area contributed by atoms with E-state index in [0.29, 0.717) is 6.54 Å². The summed E-state index contributed by atoms with van der Waals surface area (Å²) in [6.07, 6.45) is 8.37. The van der Waals surface area contributed by atoms with E-state index in [-0.39, 0.29) is 12.0 Å². The molecule has 94 valence electrons. The Kier molecular flexibility index (Phi) is 4.00. The summed E-state index contributed by atoms with van der Waals surface area (Å²) in [6, 6.07) is 0. The first-order valence-electron chi connectivity index (χ1n) is 6.56. The molecule has 3 nitrogen and oxygen atoms in total. The number of aliphatic hydroxyl groups is 1. The van der Waals surface area contributed by atoms with Crippen molar-refractivity contribution in [2.45, 2.75) is 45.1 Å². The summed E-state index contributed by atoms with van der Waals surface area (Å²) >= 11 is 0. The number of β-amino-alcohol motifs (C(OH)–C–C–N with tert-alkyl or cyclic N) is 1. The summed E-state index contributed by atoms with van der Waals surface area (Å²) in [6.45, 7) is 3.44. The maximum absolute atomic E-state index is 12.2. The van der Waals surface area contributed by atoms with Crippen LogP contribution in [-0.2, 0) is 4.79 Å². The van der Waals surface area contributed by atoms with Crippen molar-refractivity contribution in [2.75, 3.05) is 13.1 Å². The SMILES string of the molecule is CCC1=CC=C(C(=O)N2CCC[C@@H](O)C2)CC1. The van der Waals surface area contributed by atoms with Crippen LogP contribution in [0.2, 0.25) is 0 Å². The number of hydrogen-bond donors (Lipinski definition) is 1. The van der Waals surface area contributed by atoms with Crippen LogP contribution in [0.4, 0.5) is 0 Å². The highest BCUT2D eigenvalue weighted by Gasteiger charge is 2.24. The smallest absolute Gasteiger partial charge is 0.249 e. The Balaban J connectivity index is 2.00. The van der Waals surface area contributed by atoms with Gasteiger partial charge in [0.2, 0.25) is 5.91 Å². The molecule has 1 heterocycles. The number of rotatable bonds is 2. The maximum atomic E-state index is 12.2. The fraction of sp³-hybridized carbons (Fsp3) is 0.643. The van der Waals surface area contributed by atoms with E-state index in [4.69, 9.17) is 0 Å². The molecule has 0 aromatic carbocycles. The van der Waals surface area contributed by atoms with Crippen LogP contribution >= 0.6 is 0 Å². The van der Waals surface area contributed by atoms with Crippen LogP contribution in [0.1, 0.15) is 39.0 Å². The van der Waals surface area contributed by atoms with Crippen molar-refractivity contribution in [3.8, 4) is 0 Å². The Bertz CT molecular complexity index is 357. The molecule has 0 unspecified atom stereocenters. The first-order chi connectivity index (χ1) is 8.20. The van der Waals surface area contributed by atoms with Crippen molar-refractivity contribution >= 4 is 5.91 Å². The lowest BCUT2D eigenvalue weighted by Gasteiger charge is -2.31. The first-order valence-corrected chi connectivity index (χ1v) is 6.56. The number of likely N-dealkylation sites (tertiary alicyclic amines) is 1. The van der Waals surface area contributed by atoms with Gasteiger partial charge >= 0.3 is 0 Å². The van der Waals surface area contributed by atoms with Gasteiger partial charge in [0.1, 0.15) is 0 Å². The highest BCUT2D eigenvalue weighted by atomic mass is 16.3. The van der Waals surface area contributed by atoms with Gasteiger partial charge in [-0.1, -0.05) is 24.6 Å². The molecule has 1 amide bonds. The second-order valence-corrected chi connectivity index (χ2v) is 4.92. The molecule has 1 saturated heterocycles. The molecule has 0 aromatic rings. The number of allylic oxidation sites excluding steroid dienone is 3. The third-order valence-electron chi connectivity index (χ3n) is 3.65. The minimum absolute atomic E-state index is 0.121. The summed E-state index contributed by atoms with van der Waals surface area (Å²) in [5.74, 6) is 0.121. The molecule has 1 aliphatic carbocycles. The van der Waals surface area contributed by atoms with Gasteiger partial charge in [-0.2, -0.15) is 0 Å². The second kappa shape index (κ2) is 5.50. The molecule has 1 aliphatic heterocycles. The molecule has 0 radical (unpaired) electrons. The van der Waals surface area contributed by atoms with Crippen LogP contribution in [0.25, 0.3) is 0 Å². The van der Waals surface area contributed by atoms with E-state index in [1.165, 1.54) is 5.57 Å². The summed E-state index contributed by atoms with van der Waals surface area (Å²) in [5.41, 5.74) is 2.32. The normalized spacial score (nSPS) is 25.3. The number of carbonyl (C=O) groups is 1. The van der Waals surface area contributed by atoms with Crippen molar-refractivity contribution in [2.24, 2.45) is 0 Å². The zero-order valence-electron chi connectivity index (χ0n) is 10.5. The highest BCUT2D eigenvalue weighted by Crippen LogP contribution is 2.23. The molecule has 0 saturated carbocycles. The van der Waals surface area contributed by atoms with E-state index in [1.807, 2.05) is 6.08 Å². The summed E-state index contributed by atoms with van der Waals surface area (Å²) < 4.78 is 0. The third kappa shape index (κ3) is 2.97. The molecule has 3 heteroatoms. The Morgan fingerprint density at radius 3 is 2.88 bits per heavy atom. The van der Waals surface area contributed by atoms with Crippen molar-refractivity contribution < 1.29 is 9.90 Å². The van der Waals surface area contributed by atoms with Crippen LogP contribution < -0.4 is 0 Å². The van der Waals surface area contributed by atoms with E-state index < -0.39 is 0 Å². The topological polar surface area (TPSA) is 40.5 Å². The van der Waals surface area contributed by atoms with Crippen molar-refractivity contribution in [1.29, 1.82) is 0 Å². The number of hydrogen-bond acceptors (Lipinski definition) is 2. The molecule has 17 heavy (non-hydrogen) atoms. The van der Waals surface area contributed by atoms with Crippen molar-refractivity contribution in [3.05, 3.63) is 23.3 Å². The van der Waals surface area contributed by atoms with Crippen molar-refractivity contribution in [3.63, 3.8) is 0 Å². The lowest BCUT2D eigenvalue weighted by atomic mass is 9.95. The number of aliphatic hydroxyl groups excluding tert-OH is 1.